The highest BCUT2D eigenvalue weighted by molar-refractivity contribution is 6.23. The zero-order valence-corrected chi connectivity index (χ0v) is 30.1. The van der Waals surface area contributed by atoms with Crippen LogP contribution < -0.4 is 5.32 Å². The van der Waals surface area contributed by atoms with E-state index in [0.29, 0.717) is 12.8 Å². The maximum Gasteiger partial charge on any atom is 0.388 e. The molecular weight excluding hydrogens is 599 g/mol. The number of hydrogen-bond donors (Lipinski definition) is 1. The lowest BCUT2D eigenvalue weighted by Crippen LogP contribution is -2.49. The number of fused-ring (bicyclic) bond motifs is 1. The van der Waals surface area contributed by atoms with Crippen molar-refractivity contribution in [1.29, 1.82) is 0 Å². The largest absolute Gasteiger partial charge is 0.388 e. The molecule has 0 aromatic heterocycles. The van der Waals surface area contributed by atoms with E-state index in [0.717, 1.165) is 19.3 Å². The first-order valence-electron chi connectivity index (χ1n) is 16.9. The molecule has 0 fully saturated rings. The second-order valence-electron chi connectivity index (χ2n) is 12.0. The van der Waals surface area contributed by atoms with Crippen molar-refractivity contribution in [3.05, 3.63) is 46.7 Å². The SMILES string of the molecule is CC(=O)C=O.CCC.CCC(F)(F)F.CCCC(F)(F)CCC.CC[C@H]1Cc2ccc(C3=NC=C(C)C3)cc2CC[C@]1(CC)NC. The first-order valence-corrected chi connectivity index (χ1v) is 16.9. The Morgan fingerprint density at radius 3 is 1.87 bits per heavy atom. The van der Waals surface area contributed by atoms with Crippen LogP contribution in [0.5, 0.6) is 0 Å². The zero-order chi connectivity index (χ0) is 36.0. The third-order valence-corrected chi connectivity index (χ3v) is 7.93. The number of aryl methyl sites for hydroxylation is 1. The lowest BCUT2D eigenvalue weighted by molar-refractivity contribution is -0.130. The van der Waals surface area contributed by atoms with Crippen molar-refractivity contribution in [2.24, 2.45) is 10.9 Å². The molecule has 1 aromatic rings. The summed E-state index contributed by atoms with van der Waals surface area (Å²) in [5.74, 6) is -2.11. The summed E-state index contributed by atoms with van der Waals surface area (Å²) in [4.78, 5) is 23.2. The van der Waals surface area contributed by atoms with Crippen molar-refractivity contribution in [2.45, 2.75) is 157 Å². The van der Waals surface area contributed by atoms with Crippen LogP contribution >= 0.6 is 0 Å². The van der Waals surface area contributed by atoms with Gasteiger partial charge in [0.05, 0.1) is 5.71 Å². The molecule has 0 saturated heterocycles. The van der Waals surface area contributed by atoms with Gasteiger partial charge in [0, 0.05) is 44.3 Å². The summed E-state index contributed by atoms with van der Waals surface area (Å²) in [5.41, 5.74) is 7.29. The van der Waals surface area contributed by atoms with Gasteiger partial charge in [0.1, 0.15) is 0 Å². The van der Waals surface area contributed by atoms with Crippen LogP contribution in [0.2, 0.25) is 0 Å². The number of benzene rings is 1. The molecule has 3 rings (SSSR count). The van der Waals surface area contributed by atoms with Gasteiger partial charge in [-0.1, -0.05) is 86.3 Å². The fourth-order valence-corrected chi connectivity index (χ4v) is 5.34. The second-order valence-corrected chi connectivity index (χ2v) is 12.0. The number of hydrogen-bond acceptors (Lipinski definition) is 4. The molecule has 9 heteroatoms. The normalized spacial score (nSPS) is 18.6. The number of alkyl halides is 5. The molecule has 46 heavy (non-hydrogen) atoms. The van der Waals surface area contributed by atoms with Gasteiger partial charge < -0.3 is 5.32 Å². The fraction of sp³-hybridized carbons (Fsp3) is 0.703. The van der Waals surface area contributed by atoms with Crippen LogP contribution in [0.3, 0.4) is 0 Å². The number of allylic oxidation sites excluding steroid dienone is 1. The van der Waals surface area contributed by atoms with Gasteiger partial charge in [0.2, 0.25) is 5.92 Å². The first kappa shape index (κ1) is 45.7. The number of carbonyl (C=O) groups is 2. The molecule has 1 N–H and O–H groups in total. The number of nitrogens with zero attached hydrogens (tertiary/aromatic N) is 1. The van der Waals surface area contributed by atoms with Crippen LogP contribution in [0.1, 0.15) is 143 Å². The van der Waals surface area contributed by atoms with E-state index in [4.69, 9.17) is 4.79 Å². The topological polar surface area (TPSA) is 58.5 Å². The van der Waals surface area contributed by atoms with Crippen LogP contribution in [0.25, 0.3) is 0 Å². The molecule has 4 nitrogen and oxygen atoms in total. The number of aldehydes is 1. The van der Waals surface area contributed by atoms with E-state index in [1.807, 2.05) is 6.20 Å². The average molecular weight is 661 g/mol. The van der Waals surface area contributed by atoms with E-state index in [1.165, 1.54) is 62.3 Å². The highest BCUT2D eigenvalue weighted by Gasteiger charge is 2.37. The predicted octanol–water partition coefficient (Wildman–Crippen LogP) is 11.0. The van der Waals surface area contributed by atoms with E-state index in [9.17, 15) is 26.7 Å². The van der Waals surface area contributed by atoms with Gasteiger partial charge in [-0.3, -0.25) is 14.6 Å². The van der Waals surface area contributed by atoms with E-state index in [-0.39, 0.29) is 24.7 Å². The van der Waals surface area contributed by atoms with Crippen molar-refractivity contribution >= 4 is 17.8 Å². The van der Waals surface area contributed by atoms with E-state index < -0.39 is 24.3 Å². The van der Waals surface area contributed by atoms with E-state index in [2.05, 4.69) is 70.2 Å². The Morgan fingerprint density at radius 2 is 1.52 bits per heavy atom. The highest BCUT2D eigenvalue weighted by atomic mass is 19.4. The molecule has 266 valence electrons. The quantitative estimate of drug-likeness (QED) is 0.124. The van der Waals surface area contributed by atoms with Gasteiger partial charge in [-0.05, 0) is 73.9 Å². The van der Waals surface area contributed by atoms with E-state index >= 15 is 0 Å². The van der Waals surface area contributed by atoms with Gasteiger partial charge in [-0.25, -0.2) is 8.78 Å². The molecule has 0 saturated carbocycles. The van der Waals surface area contributed by atoms with E-state index in [1.54, 1.807) is 25.0 Å². The number of halogens is 5. The van der Waals surface area contributed by atoms with Crippen LogP contribution in [0.15, 0.2) is 35.0 Å². The summed E-state index contributed by atoms with van der Waals surface area (Å²) in [7, 11) is 2.15. The maximum absolute atomic E-state index is 12.4. The van der Waals surface area contributed by atoms with Crippen LogP contribution in [-0.4, -0.2) is 42.5 Å². The molecule has 0 bridgehead atoms. The Bertz CT molecular complexity index is 1050. The standard InChI is InChI=1S/C21H30N2.C7H14F2.C3H5F3.C3H4O2.C3H8/c1-5-19-13-16-7-8-18(20-11-15(3)14-23-20)12-17(16)9-10-21(19,6-2)22-4;1-3-5-7(8,9)6-4-2;1-2-3(4,5)6;1-3(5)2-4;1-3-2/h7-8,12,14,19,22H,5-6,9-11,13H2,1-4H3;3-6H2,1-2H3;2H2,1H3;2H,1H3;3H2,1-2H3/t19-,21-;;;;/m0..../s1. The second kappa shape index (κ2) is 23.8. The number of ketones is 1. The van der Waals surface area contributed by atoms with Crippen molar-refractivity contribution < 1.29 is 31.5 Å². The maximum atomic E-state index is 12.4. The minimum Gasteiger partial charge on any atom is -0.314 e. The van der Waals surface area contributed by atoms with Crippen LogP contribution in [0.4, 0.5) is 22.0 Å². The number of nitrogens with one attached hydrogen (secondary N) is 1. The van der Waals surface area contributed by atoms with Gasteiger partial charge in [0.25, 0.3) is 0 Å². The minimum atomic E-state index is -3.96. The third kappa shape index (κ3) is 18.7. The molecule has 0 spiro atoms. The monoisotopic (exact) mass is 660 g/mol. The van der Waals surface area contributed by atoms with Gasteiger partial charge >= 0.3 is 6.18 Å². The van der Waals surface area contributed by atoms with Gasteiger partial charge in [-0.2, -0.15) is 13.2 Å². The summed E-state index contributed by atoms with van der Waals surface area (Å²) < 4.78 is 57.2. The number of Topliss-reactive ketones (excluding diaryl/α,β-unsaturated/α-hetero) is 1. The molecule has 2 aliphatic rings. The third-order valence-electron chi connectivity index (χ3n) is 7.93. The van der Waals surface area contributed by atoms with Crippen LogP contribution in [0, 0.1) is 5.92 Å². The lowest BCUT2D eigenvalue weighted by atomic mass is 9.76. The Morgan fingerprint density at radius 1 is 1.00 bits per heavy atom. The van der Waals surface area contributed by atoms with Gasteiger partial charge in [-0.15, -0.1) is 0 Å². The molecule has 1 aromatic carbocycles. The van der Waals surface area contributed by atoms with Crippen LogP contribution in [-0.2, 0) is 22.4 Å². The summed E-state index contributed by atoms with van der Waals surface area (Å²) in [6.07, 6.45) is 7.15. The molecule has 1 heterocycles. The fourth-order valence-electron chi connectivity index (χ4n) is 5.34. The molecule has 1 aliphatic heterocycles. The lowest BCUT2D eigenvalue weighted by Gasteiger charge is -2.39. The van der Waals surface area contributed by atoms with Crippen molar-refractivity contribution in [2.75, 3.05) is 7.05 Å². The number of rotatable bonds is 9. The Balaban J connectivity index is 0. The molecule has 0 unspecified atom stereocenters. The smallest absolute Gasteiger partial charge is 0.314 e. The summed E-state index contributed by atoms with van der Waals surface area (Å²) in [6.45, 7) is 16.9. The summed E-state index contributed by atoms with van der Waals surface area (Å²) in [6, 6.07) is 7.06. The predicted molar refractivity (Wildman–Crippen MR) is 183 cm³/mol. The Hall–Kier alpha value is -2.42. The summed E-state index contributed by atoms with van der Waals surface area (Å²) in [5, 5.41) is 3.69. The molecule has 0 amide bonds. The minimum absolute atomic E-state index is 0.0425. The zero-order valence-electron chi connectivity index (χ0n) is 30.1. The Labute approximate surface area is 276 Å². The van der Waals surface area contributed by atoms with Crippen molar-refractivity contribution in [3.63, 3.8) is 0 Å². The van der Waals surface area contributed by atoms with Crippen molar-refractivity contribution in [3.8, 4) is 0 Å². The molecule has 1 aliphatic carbocycles. The molecule has 2 atom stereocenters. The van der Waals surface area contributed by atoms with Gasteiger partial charge in [0.15, 0.2) is 12.1 Å². The first-order chi connectivity index (χ1) is 21.5. The summed E-state index contributed by atoms with van der Waals surface area (Å²) >= 11 is 0. The Kier molecular flexibility index (Phi) is 23.7. The average Bonchev–Trinajstić information content (AvgIpc) is 3.37. The number of carbonyl (C=O) groups excluding carboxylic acids is 2. The highest BCUT2D eigenvalue weighted by Crippen LogP contribution is 2.37. The molecule has 0 radical (unpaired) electrons. The van der Waals surface area contributed by atoms with Crippen molar-refractivity contribution in [1.82, 2.24) is 5.32 Å². The number of aliphatic imine (C=N–C) groups is 1. The molecular formula is C37H61F5N2O2.